The Kier molecular flexibility index (Phi) is 3.33. The molecule has 2 heterocycles. The van der Waals surface area contributed by atoms with Gasteiger partial charge in [0.25, 0.3) is 0 Å². The van der Waals surface area contributed by atoms with Crippen LogP contribution in [-0.4, -0.2) is 60.8 Å². The molecule has 0 aromatic heterocycles. The molecule has 0 spiro atoms. The average molecular weight is 210 g/mol. The zero-order valence-corrected chi connectivity index (χ0v) is 9.20. The monoisotopic (exact) mass is 210 g/mol. The molecule has 1 N–H and O–H groups in total. The molecule has 0 bridgehead atoms. The third kappa shape index (κ3) is 2.54. The number of hydrogen-bond acceptors (Lipinski definition) is 4. The molecule has 0 aromatic carbocycles. The van der Waals surface area contributed by atoms with Crippen LogP contribution in [0.1, 0.15) is 13.3 Å². The second-order valence-corrected chi connectivity index (χ2v) is 3.98. The van der Waals surface area contributed by atoms with E-state index in [0.717, 1.165) is 38.4 Å². The van der Waals surface area contributed by atoms with E-state index in [1.165, 1.54) is 0 Å². The fraction of sp³-hybridized carbons (Fsp3) is 0.800. The van der Waals surface area contributed by atoms with Crippen LogP contribution in [0, 0.1) is 0 Å². The first-order chi connectivity index (χ1) is 7.29. The van der Waals surface area contributed by atoms with Gasteiger partial charge in [-0.05, 0) is 6.92 Å². The molecule has 0 saturated carbocycles. The molecular formula is C10H18N4O. The van der Waals surface area contributed by atoms with Gasteiger partial charge in [0.2, 0.25) is 5.91 Å². The van der Waals surface area contributed by atoms with Crippen molar-refractivity contribution in [1.29, 1.82) is 0 Å². The van der Waals surface area contributed by atoms with Crippen molar-refractivity contribution < 1.29 is 4.79 Å². The van der Waals surface area contributed by atoms with Crippen LogP contribution in [-0.2, 0) is 4.79 Å². The lowest BCUT2D eigenvalue weighted by Gasteiger charge is -2.26. The molecular weight excluding hydrogens is 192 g/mol. The fourth-order valence-corrected chi connectivity index (χ4v) is 1.99. The number of hydrazone groups is 1. The van der Waals surface area contributed by atoms with Crippen molar-refractivity contribution in [2.45, 2.75) is 13.3 Å². The number of carbonyl (C=O) groups excluding carboxylic acids is 1. The number of nitrogens with one attached hydrogen (secondary N) is 1. The molecule has 0 aromatic rings. The van der Waals surface area contributed by atoms with E-state index >= 15 is 0 Å². The molecule has 2 aliphatic heterocycles. The smallest absolute Gasteiger partial charge is 0.248 e. The summed E-state index contributed by atoms with van der Waals surface area (Å²) in [4.78, 5) is 13.8. The predicted octanol–water partition coefficient (Wildman–Crippen LogP) is -0.500. The SMILES string of the molecule is CCN1N=C(CN2CCNCC2)CC1=O. The van der Waals surface area contributed by atoms with Crippen molar-refractivity contribution in [3.05, 3.63) is 0 Å². The summed E-state index contributed by atoms with van der Waals surface area (Å²) in [5.41, 5.74) is 1.02. The Morgan fingerprint density at radius 1 is 1.40 bits per heavy atom. The quantitative estimate of drug-likeness (QED) is 0.683. The van der Waals surface area contributed by atoms with Crippen molar-refractivity contribution in [2.24, 2.45) is 5.10 Å². The number of carbonyl (C=O) groups is 1. The van der Waals surface area contributed by atoms with Gasteiger partial charge in [-0.25, -0.2) is 5.01 Å². The molecule has 5 heteroatoms. The highest BCUT2D eigenvalue weighted by atomic mass is 16.2. The minimum absolute atomic E-state index is 0.141. The maximum atomic E-state index is 11.4. The molecule has 84 valence electrons. The minimum atomic E-state index is 0.141. The normalized spacial score (nSPS) is 23.4. The molecule has 0 radical (unpaired) electrons. The van der Waals surface area contributed by atoms with Crippen LogP contribution < -0.4 is 5.32 Å². The van der Waals surface area contributed by atoms with Crippen molar-refractivity contribution in [3.63, 3.8) is 0 Å². The van der Waals surface area contributed by atoms with Crippen LogP contribution in [0.2, 0.25) is 0 Å². The Balaban J connectivity index is 1.86. The van der Waals surface area contributed by atoms with E-state index in [9.17, 15) is 4.79 Å². The summed E-state index contributed by atoms with van der Waals surface area (Å²) in [6, 6.07) is 0. The highest BCUT2D eigenvalue weighted by Gasteiger charge is 2.23. The third-order valence-corrected chi connectivity index (χ3v) is 2.82. The Morgan fingerprint density at radius 2 is 2.13 bits per heavy atom. The fourth-order valence-electron chi connectivity index (χ4n) is 1.99. The second kappa shape index (κ2) is 4.72. The van der Waals surface area contributed by atoms with Gasteiger partial charge in [-0.3, -0.25) is 9.69 Å². The van der Waals surface area contributed by atoms with Gasteiger partial charge in [-0.1, -0.05) is 0 Å². The van der Waals surface area contributed by atoms with Crippen LogP contribution in [0.3, 0.4) is 0 Å². The van der Waals surface area contributed by atoms with E-state index in [-0.39, 0.29) is 5.91 Å². The maximum Gasteiger partial charge on any atom is 0.248 e. The lowest BCUT2D eigenvalue weighted by Crippen LogP contribution is -2.45. The highest BCUT2D eigenvalue weighted by Crippen LogP contribution is 2.09. The molecule has 5 nitrogen and oxygen atoms in total. The van der Waals surface area contributed by atoms with Gasteiger partial charge in [0.05, 0.1) is 12.1 Å². The summed E-state index contributed by atoms with van der Waals surface area (Å²) in [6.07, 6.45) is 0.512. The van der Waals surface area contributed by atoms with Gasteiger partial charge < -0.3 is 5.32 Å². The van der Waals surface area contributed by atoms with E-state index in [1.54, 1.807) is 5.01 Å². The van der Waals surface area contributed by atoms with E-state index in [2.05, 4.69) is 15.3 Å². The summed E-state index contributed by atoms with van der Waals surface area (Å²) >= 11 is 0. The summed E-state index contributed by atoms with van der Waals surface area (Å²) in [5.74, 6) is 0.141. The maximum absolute atomic E-state index is 11.4. The van der Waals surface area contributed by atoms with Crippen molar-refractivity contribution >= 4 is 11.6 Å². The predicted molar refractivity (Wildman–Crippen MR) is 58.7 cm³/mol. The molecule has 2 aliphatic rings. The third-order valence-electron chi connectivity index (χ3n) is 2.82. The van der Waals surface area contributed by atoms with Gasteiger partial charge in [-0.2, -0.15) is 5.10 Å². The standard InChI is InChI=1S/C10H18N4O/c1-2-14-10(15)7-9(12-14)8-13-5-3-11-4-6-13/h11H,2-8H2,1H3. The lowest BCUT2D eigenvalue weighted by atomic mass is 10.2. The Bertz CT molecular complexity index is 271. The molecule has 15 heavy (non-hydrogen) atoms. The zero-order valence-electron chi connectivity index (χ0n) is 9.20. The molecule has 1 saturated heterocycles. The zero-order chi connectivity index (χ0) is 10.7. The molecule has 2 rings (SSSR count). The number of nitrogens with zero attached hydrogens (tertiary/aromatic N) is 3. The topological polar surface area (TPSA) is 47.9 Å². The summed E-state index contributed by atoms with van der Waals surface area (Å²) in [6.45, 7) is 7.68. The van der Waals surface area contributed by atoms with E-state index in [4.69, 9.17) is 0 Å². The Morgan fingerprint density at radius 3 is 2.73 bits per heavy atom. The van der Waals surface area contributed by atoms with Gasteiger partial charge in [0.1, 0.15) is 0 Å². The van der Waals surface area contributed by atoms with Gasteiger partial charge in [0, 0.05) is 39.3 Å². The van der Waals surface area contributed by atoms with Crippen LogP contribution in [0.15, 0.2) is 5.10 Å². The van der Waals surface area contributed by atoms with Crippen LogP contribution in [0.4, 0.5) is 0 Å². The van der Waals surface area contributed by atoms with Crippen LogP contribution in [0.25, 0.3) is 0 Å². The van der Waals surface area contributed by atoms with E-state index in [0.29, 0.717) is 13.0 Å². The van der Waals surface area contributed by atoms with Crippen molar-refractivity contribution in [3.8, 4) is 0 Å². The average Bonchev–Trinajstić information content (AvgIpc) is 2.60. The minimum Gasteiger partial charge on any atom is -0.314 e. The molecule has 0 atom stereocenters. The Labute approximate surface area is 90.1 Å². The second-order valence-electron chi connectivity index (χ2n) is 3.98. The largest absolute Gasteiger partial charge is 0.314 e. The van der Waals surface area contributed by atoms with Crippen molar-refractivity contribution in [1.82, 2.24) is 15.2 Å². The van der Waals surface area contributed by atoms with Crippen molar-refractivity contribution in [2.75, 3.05) is 39.3 Å². The van der Waals surface area contributed by atoms with Gasteiger partial charge >= 0.3 is 0 Å². The first-order valence-corrected chi connectivity index (χ1v) is 5.59. The number of piperazine rings is 1. The molecule has 1 fully saturated rings. The lowest BCUT2D eigenvalue weighted by molar-refractivity contribution is -0.128. The summed E-state index contributed by atoms with van der Waals surface area (Å²) in [5, 5.41) is 9.20. The van der Waals surface area contributed by atoms with Crippen LogP contribution >= 0.6 is 0 Å². The molecule has 0 unspecified atom stereocenters. The molecule has 0 aliphatic carbocycles. The molecule has 1 amide bonds. The van der Waals surface area contributed by atoms with Gasteiger partial charge in [0.15, 0.2) is 0 Å². The number of amides is 1. The van der Waals surface area contributed by atoms with Crippen LogP contribution in [0.5, 0.6) is 0 Å². The first kappa shape index (κ1) is 10.6. The first-order valence-electron chi connectivity index (χ1n) is 5.59. The Hall–Kier alpha value is -0.940. The summed E-state index contributed by atoms with van der Waals surface area (Å²) in [7, 11) is 0. The number of hydrogen-bond donors (Lipinski definition) is 1. The van der Waals surface area contributed by atoms with Gasteiger partial charge in [-0.15, -0.1) is 0 Å². The van der Waals surface area contributed by atoms with E-state index < -0.39 is 0 Å². The summed E-state index contributed by atoms with van der Waals surface area (Å²) < 4.78 is 0. The number of rotatable bonds is 3. The van der Waals surface area contributed by atoms with E-state index in [1.807, 2.05) is 6.92 Å². The highest BCUT2D eigenvalue weighted by molar-refractivity contribution is 6.05.